The third kappa shape index (κ3) is 2.00. The van der Waals surface area contributed by atoms with Crippen LogP contribution >= 0.6 is 15.9 Å². The summed E-state index contributed by atoms with van der Waals surface area (Å²) < 4.78 is 13.2. The lowest BCUT2D eigenvalue weighted by molar-refractivity contribution is -0.117. The first-order valence-corrected chi connectivity index (χ1v) is 5.16. The van der Waals surface area contributed by atoms with Crippen molar-refractivity contribution in [3.63, 3.8) is 0 Å². The molecule has 0 spiro atoms. The topological polar surface area (TPSA) is 53.4 Å². The molecule has 0 radical (unpaired) electrons. The largest absolute Gasteiger partial charge is 0.391 e. The van der Waals surface area contributed by atoms with E-state index in [4.69, 9.17) is 0 Å². The number of aliphatic hydroxyl groups is 1. The van der Waals surface area contributed by atoms with Crippen molar-refractivity contribution >= 4 is 27.7 Å². The van der Waals surface area contributed by atoms with Gasteiger partial charge < -0.3 is 5.11 Å². The number of halogens is 2. The summed E-state index contributed by atoms with van der Waals surface area (Å²) in [6.45, 7) is 0.204. The fourth-order valence-electron chi connectivity index (χ4n) is 1.50. The molecule has 1 aromatic heterocycles. The van der Waals surface area contributed by atoms with E-state index in [1.165, 1.54) is 11.0 Å². The normalized spacial score (nSPS) is 21.1. The highest BCUT2D eigenvalue weighted by atomic mass is 79.9. The number of amides is 1. The monoisotopic (exact) mass is 274 g/mol. The number of aliphatic hydroxyl groups excluding tert-OH is 1. The summed E-state index contributed by atoms with van der Waals surface area (Å²) in [5, 5.41) is 9.30. The van der Waals surface area contributed by atoms with Crippen LogP contribution < -0.4 is 4.90 Å². The van der Waals surface area contributed by atoms with Gasteiger partial charge >= 0.3 is 0 Å². The van der Waals surface area contributed by atoms with Crippen molar-refractivity contribution in [2.75, 3.05) is 11.4 Å². The van der Waals surface area contributed by atoms with E-state index < -0.39 is 11.9 Å². The van der Waals surface area contributed by atoms with Crippen LogP contribution in [0.1, 0.15) is 6.42 Å². The van der Waals surface area contributed by atoms with Crippen LogP contribution in [0.15, 0.2) is 16.7 Å². The number of pyridine rings is 1. The molecule has 15 heavy (non-hydrogen) atoms. The zero-order chi connectivity index (χ0) is 11.0. The lowest BCUT2D eigenvalue weighted by Gasteiger charge is -2.15. The number of hydrogen-bond donors (Lipinski definition) is 1. The Bertz CT molecular complexity index is 413. The van der Waals surface area contributed by atoms with Gasteiger partial charge in [0.15, 0.2) is 0 Å². The Labute approximate surface area is 93.9 Å². The first kappa shape index (κ1) is 10.5. The van der Waals surface area contributed by atoms with E-state index in [2.05, 4.69) is 20.9 Å². The van der Waals surface area contributed by atoms with Crippen molar-refractivity contribution in [1.82, 2.24) is 4.98 Å². The maximum atomic E-state index is 12.8. The minimum absolute atomic E-state index is 0.0888. The van der Waals surface area contributed by atoms with E-state index in [9.17, 15) is 14.3 Å². The standard InChI is InChI=1S/C9H8BrFN2O2/c10-7-1-5(11)3-12-9(7)13-4-6(14)2-8(13)15/h1,3,6,14H,2,4H2. The van der Waals surface area contributed by atoms with Gasteiger partial charge in [-0.3, -0.25) is 9.69 Å². The molecule has 80 valence electrons. The second-order valence-corrected chi connectivity index (χ2v) is 4.18. The van der Waals surface area contributed by atoms with Crippen LogP contribution in [-0.4, -0.2) is 28.6 Å². The number of hydrogen-bond acceptors (Lipinski definition) is 3. The van der Waals surface area contributed by atoms with Gasteiger partial charge in [-0.15, -0.1) is 0 Å². The molecule has 0 saturated carbocycles. The van der Waals surface area contributed by atoms with E-state index in [1.54, 1.807) is 0 Å². The number of carbonyl (C=O) groups excluding carboxylic acids is 1. The highest BCUT2D eigenvalue weighted by Gasteiger charge is 2.31. The molecule has 1 saturated heterocycles. The summed E-state index contributed by atoms with van der Waals surface area (Å²) in [7, 11) is 0. The molecular weight excluding hydrogens is 267 g/mol. The van der Waals surface area contributed by atoms with Crippen molar-refractivity contribution in [1.29, 1.82) is 0 Å². The van der Waals surface area contributed by atoms with Crippen LogP contribution in [0.5, 0.6) is 0 Å². The predicted molar refractivity (Wildman–Crippen MR) is 54.9 cm³/mol. The van der Waals surface area contributed by atoms with Crippen molar-refractivity contribution < 1.29 is 14.3 Å². The minimum Gasteiger partial charge on any atom is -0.391 e. The number of carbonyl (C=O) groups is 1. The number of anilines is 1. The maximum absolute atomic E-state index is 12.8. The quantitative estimate of drug-likeness (QED) is 0.834. The van der Waals surface area contributed by atoms with Crippen molar-refractivity contribution in [3.8, 4) is 0 Å². The van der Waals surface area contributed by atoms with Crippen LogP contribution in [0.2, 0.25) is 0 Å². The lowest BCUT2D eigenvalue weighted by Crippen LogP contribution is -2.26. The summed E-state index contributed by atoms with van der Waals surface area (Å²) >= 11 is 3.13. The average Bonchev–Trinajstić information content (AvgIpc) is 2.45. The van der Waals surface area contributed by atoms with E-state index >= 15 is 0 Å². The Hall–Kier alpha value is -1.01. The third-order valence-electron chi connectivity index (χ3n) is 2.15. The van der Waals surface area contributed by atoms with E-state index in [0.717, 1.165) is 6.20 Å². The average molecular weight is 275 g/mol. The molecular formula is C9H8BrFN2O2. The summed E-state index contributed by atoms with van der Waals surface area (Å²) in [6.07, 6.45) is 0.458. The summed E-state index contributed by atoms with van der Waals surface area (Å²) in [5.74, 6) is -0.335. The molecule has 1 N–H and O–H groups in total. The Morgan fingerprint density at radius 1 is 1.67 bits per heavy atom. The molecule has 1 unspecified atom stereocenters. The predicted octanol–water partition coefficient (Wildman–Crippen LogP) is 1.08. The zero-order valence-electron chi connectivity index (χ0n) is 7.65. The van der Waals surface area contributed by atoms with E-state index in [1.807, 2.05) is 0 Å². The molecule has 1 fully saturated rings. The van der Waals surface area contributed by atoms with Gasteiger partial charge in [0.05, 0.1) is 29.7 Å². The fraction of sp³-hybridized carbons (Fsp3) is 0.333. The highest BCUT2D eigenvalue weighted by Crippen LogP contribution is 2.27. The van der Waals surface area contributed by atoms with Gasteiger partial charge in [0.25, 0.3) is 0 Å². The molecule has 1 aliphatic rings. The van der Waals surface area contributed by atoms with Gasteiger partial charge in [0, 0.05) is 0 Å². The number of aromatic nitrogens is 1. The van der Waals surface area contributed by atoms with Gasteiger partial charge in [-0.05, 0) is 22.0 Å². The summed E-state index contributed by atoms with van der Waals surface area (Å²) in [4.78, 5) is 16.6. The summed E-state index contributed by atoms with van der Waals surface area (Å²) in [5.41, 5.74) is 0. The Morgan fingerprint density at radius 3 is 2.93 bits per heavy atom. The van der Waals surface area contributed by atoms with Gasteiger partial charge in [0.2, 0.25) is 5.91 Å². The van der Waals surface area contributed by atoms with Crippen LogP contribution in [0, 0.1) is 5.82 Å². The highest BCUT2D eigenvalue weighted by molar-refractivity contribution is 9.10. The van der Waals surface area contributed by atoms with Gasteiger partial charge in [-0.2, -0.15) is 0 Å². The second kappa shape index (κ2) is 3.86. The van der Waals surface area contributed by atoms with Crippen molar-refractivity contribution in [2.45, 2.75) is 12.5 Å². The third-order valence-corrected chi connectivity index (χ3v) is 2.73. The van der Waals surface area contributed by atoms with E-state index in [-0.39, 0.29) is 18.9 Å². The molecule has 0 bridgehead atoms. The number of β-amino-alcohol motifs (C(OH)–C–C–N with tert-alkyl or cyclic N) is 1. The van der Waals surface area contributed by atoms with Crippen molar-refractivity contribution in [3.05, 3.63) is 22.6 Å². The van der Waals surface area contributed by atoms with Crippen molar-refractivity contribution in [2.24, 2.45) is 0 Å². The molecule has 1 aliphatic heterocycles. The molecule has 4 nitrogen and oxygen atoms in total. The van der Waals surface area contributed by atoms with Gasteiger partial charge in [-0.1, -0.05) is 0 Å². The van der Waals surface area contributed by atoms with E-state index in [0.29, 0.717) is 10.3 Å². The molecule has 1 amide bonds. The molecule has 0 aromatic carbocycles. The zero-order valence-corrected chi connectivity index (χ0v) is 9.24. The number of nitrogens with zero attached hydrogens (tertiary/aromatic N) is 2. The molecule has 6 heteroatoms. The molecule has 1 aromatic rings. The first-order chi connectivity index (χ1) is 7.08. The van der Waals surface area contributed by atoms with Crippen LogP contribution in [0.3, 0.4) is 0 Å². The van der Waals surface area contributed by atoms with Gasteiger partial charge in [-0.25, -0.2) is 9.37 Å². The number of rotatable bonds is 1. The van der Waals surface area contributed by atoms with Crippen LogP contribution in [0.4, 0.5) is 10.2 Å². The van der Waals surface area contributed by atoms with Gasteiger partial charge in [0.1, 0.15) is 11.6 Å². The first-order valence-electron chi connectivity index (χ1n) is 4.37. The molecule has 0 aliphatic carbocycles. The maximum Gasteiger partial charge on any atom is 0.230 e. The summed E-state index contributed by atoms with van der Waals surface area (Å²) in [6, 6.07) is 1.24. The SMILES string of the molecule is O=C1CC(O)CN1c1ncc(F)cc1Br. The Morgan fingerprint density at radius 2 is 2.40 bits per heavy atom. The van der Waals surface area contributed by atoms with Crippen LogP contribution in [-0.2, 0) is 4.79 Å². The smallest absolute Gasteiger partial charge is 0.230 e. The minimum atomic E-state index is -0.670. The molecule has 2 heterocycles. The fourth-order valence-corrected chi connectivity index (χ4v) is 2.03. The Kier molecular flexibility index (Phi) is 2.70. The molecule has 2 rings (SSSR count). The lowest BCUT2D eigenvalue weighted by atomic mass is 10.3. The Balaban J connectivity index is 2.34. The second-order valence-electron chi connectivity index (χ2n) is 3.32. The molecule has 1 atom stereocenters. The van der Waals surface area contributed by atoms with Crippen LogP contribution in [0.25, 0.3) is 0 Å².